The molecule has 3 aromatic carbocycles. The van der Waals surface area contributed by atoms with Gasteiger partial charge in [0.2, 0.25) is 5.91 Å². The molecule has 240 valence electrons. The molecule has 6 rings (SSSR count). The molecule has 0 bridgehead atoms. The maximum absolute atomic E-state index is 14.0. The summed E-state index contributed by atoms with van der Waals surface area (Å²) in [7, 11) is 0. The number of hydrogen-bond donors (Lipinski definition) is 3. The first-order valence-electron chi connectivity index (χ1n) is 15.6. The van der Waals surface area contributed by atoms with Crippen molar-refractivity contribution in [2.24, 2.45) is 0 Å². The summed E-state index contributed by atoms with van der Waals surface area (Å²) in [6.45, 7) is 4.49. The number of ether oxygens (including phenoxy) is 1. The molecule has 3 atom stereocenters. The van der Waals surface area contributed by atoms with E-state index < -0.39 is 17.8 Å². The van der Waals surface area contributed by atoms with Gasteiger partial charge in [0.15, 0.2) is 0 Å². The number of piperazine rings is 1. The molecule has 3 aromatic rings. The molecule has 3 aliphatic heterocycles. The Morgan fingerprint density at radius 2 is 1.78 bits per heavy atom. The number of benzene rings is 3. The van der Waals surface area contributed by atoms with E-state index in [0.29, 0.717) is 62.1 Å². The highest BCUT2D eigenvalue weighted by Gasteiger charge is 2.34. The second-order valence-corrected chi connectivity index (χ2v) is 12.5. The third-order valence-corrected chi connectivity index (χ3v) is 9.21. The van der Waals surface area contributed by atoms with Gasteiger partial charge in [-0.3, -0.25) is 4.79 Å². The lowest BCUT2D eigenvalue weighted by Gasteiger charge is -2.39. The van der Waals surface area contributed by atoms with Gasteiger partial charge in [0.1, 0.15) is 11.9 Å². The van der Waals surface area contributed by atoms with Gasteiger partial charge in [-0.25, -0.2) is 0 Å². The molecule has 3 aliphatic rings. The lowest BCUT2D eigenvalue weighted by Crippen LogP contribution is -2.56. The van der Waals surface area contributed by atoms with Crippen molar-refractivity contribution < 1.29 is 22.7 Å². The van der Waals surface area contributed by atoms with Crippen LogP contribution in [0.4, 0.5) is 18.9 Å². The first-order chi connectivity index (χ1) is 21.7. The standard InChI is InChI=1S/C34H39ClF3N5O2/c35-27-8-5-23(6-9-27)17-30(41-21-28-18-24-3-1-2-4-25(24)20-40-28)33(44)43-15-13-42(14-16-43)31-19-26(34(36,37)38)7-10-32(31)45-29-11-12-39-22-29/h1-10,19,28-30,39-41H,11-18,20-22H2. The molecule has 0 spiro atoms. The van der Waals surface area contributed by atoms with E-state index in [1.54, 1.807) is 0 Å². The molecule has 2 fully saturated rings. The number of alkyl halides is 3. The minimum atomic E-state index is -4.46. The second kappa shape index (κ2) is 14.0. The first-order valence-corrected chi connectivity index (χ1v) is 16.0. The number of rotatable bonds is 9. The zero-order chi connectivity index (χ0) is 31.4. The van der Waals surface area contributed by atoms with Gasteiger partial charge in [0.05, 0.1) is 17.3 Å². The lowest BCUT2D eigenvalue weighted by atomic mass is 9.95. The van der Waals surface area contributed by atoms with Crippen LogP contribution in [0.1, 0.15) is 28.7 Å². The Balaban J connectivity index is 1.14. The van der Waals surface area contributed by atoms with Crippen molar-refractivity contribution in [2.75, 3.05) is 50.7 Å². The van der Waals surface area contributed by atoms with Crippen molar-refractivity contribution in [3.05, 3.63) is 94.0 Å². The fraction of sp³-hybridized carbons (Fsp3) is 0.441. The smallest absolute Gasteiger partial charge is 0.416 e. The minimum absolute atomic E-state index is 0.0154. The van der Waals surface area contributed by atoms with E-state index in [2.05, 4.69) is 34.1 Å². The Labute approximate surface area is 267 Å². The molecule has 0 aliphatic carbocycles. The predicted octanol–water partition coefficient (Wildman–Crippen LogP) is 4.66. The second-order valence-electron chi connectivity index (χ2n) is 12.1. The molecule has 1 amide bonds. The summed E-state index contributed by atoms with van der Waals surface area (Å²) in [5.74, 6) is 0.429. The van der Waals surface area contributed by atoms with E-state index in [1.165, 1.54) is 23.3 Å². The fourth-order valence-corrected chi connectivity index (χ4v) is 6.52. The van der Waals surface area contributed by atoms with Crippen LogP contribution in [0.2, 0.25) is 5.02 Å². The van der Waals surface area contributed by atoms with Crippen LogP contribution in [0.25, 0.3) is 0 Å². The topological polar surface area (TPSA) is 68.9 Å². The van der Waals surface area contributed by atoms with Gasteiger partial charge in [-0.15, -0.1) is 0 Å². The summed E-state index contributed by atoms with van der Waals surface area (Å²) in [5, 5.41) is 11.0. The molecular formula is C34H39ClF3N5O2. The average molecular weight is 642 g/mol. The summed E-state index contributed by atoms with van der Waals surface area (Å²) in [6, 6.07) is 19.3. The van der Waals surface area contributed by atoms with Gasteiger partial charge < -0.3 is 30.5 Å². The Morgan fingerprint density at radius 1 is 1.02 bits per heavy atom. The SMILES string of the molecule is O=C(C(Cc1ccc(Cl)cc1)NCC1Cc2ccccc2CN1)N1CCN(c2cc(C(F)(F)F)ccc2OC2CCNC2)CC1. The van der Waals surface area contributed by atoms with Crippen molar-refractivity contribution in [1.29, 1.82) is 0 Å². The molecule has 3 heterocycles. The van der Waals surface area contributed by atoms with Crippen molar-refractivity contribution in [3.63, 3.8) is 0 Å². The Bertz CT molecular complexity index is 1460. The molecule has 0 saturated carbocycles. The van der Waals surface area contributed by atoms with Crippen LogP contribution < -0.4 is 25.6 Å². The average Bonchev–Trinajstić information content (AvgIpc) is 3.56. The largest absolute Gasteiger partial charge is 0.487 e. The van der Waals surface area contributed by atoms with Crippen LogP contribution in [-0.4, -0.2) is 74.8 Å². The number of carbonyl (C=O) groups is 1. The summed E-state index contributed by atoms with van der Waals surface area (Å²) in [5.41, 5.74) is 3.33. The fourth-order valence-electron chi connectivity index (χ4n) is 6.39. The molecule has 0 aromatic heterocycles. The normalized spacial score (nSPS) is 21.0. The molecular weight excluding hydrogens is 603 g/mol. The van der Waals surface area contributed by atoms with Crippen molar-refractivity contribution >= 4 is 23.2 Å². The first kappa shape index (κ1) is 31.7. The van der Waals surface area contributed by atoms with Crippen LogP contribution in [0.5, 0.6) is 5.75 Å². The molecule has 2 saturated heterocycles. The summed E-state index contributed by atoms with van der Waals surface area (Å²) in [4.78, 5) is 17.7. The number of nitrogens with zero attached hydrogens (tertiary/aromatic N) is 2. The zero-order valence-corrected chi connectivity index (χ0v) is 25.8. The molecule has 3 N–H and O–H groups in total. The maximum Gasteiger partial charge on any atom is 0.416 e. The number of fused-ring (bicyclic) bond motifs is 1. The molecule has 11 heteroatoms. The Morgan fingerprint density at radius 3 is 2.49 bits per heavy atom. The van der Waals surface area contributed by atoms with Crippen LogP contribution >= 0.6 is 11.6 Å². The Kier molecular flexibility index (Phi) is 9.84. The van der Waals surface area contributed by atoms with Crippen molar-refractivity contribution in [1.82, 2.24) is 20.9 Å². The number of anilines is 1. The van der Waals surface area contributed by atoms with E-state index in [-0.39, 0.29) is 18.1 Å². The number of halogens is 4. The van der Waals surface area contributed by atoms with Crippen molar-refractivity contribution in [2.45, 2.75) is 50.2 Å². The summed E-state index contributed by atoms with van der Waals surface area (Å²) in [6.07, 6.45) is -2.37. The van der Waals surface area contributed by atoms with E-state index in [4.69, 9.17) is 16.3 Å². The van der Waals surface area contributed by atoms with Gasteiger partial charge >= 0.3 is 6.18 Å². The Hall–Kier alpha value is -3.31. The zero-order valence-electron chi connectivity index (χ0n) is 25.1. The van der Waals surface area contributed by atoms with E-state index in [9.17, 15) is 18.0 Å². The minimum Gasteiger partial charge on any atom is -0.487 e. The third-order valence-electron chi connectivity index (χ3n) is 8.95. The van der Waals surface area contributed by atoms with Gasteiger partial charge in [-0.1, -0.05) is 48.0 Å². The van der Waals surface area contributed by atoms with Crippen LogP contribution in [-0.2, 0) is 30.4 Å². The highest BCUT2D eigenvalue weighted by Crippen LogP contribution is 2.38. The molecule has 0 radical (unpaired) electrons. The van der Waals surface area contributed by atoms with Gasteiger partial charge in [0.25, 0.3) is 0 Å². The highest BCUT2D eigenvalue weighted by molar-refractivity contribution is 6.30. The van der Waals surface area contributed by atoms with E-state index in [1.807, 2.05) is 40.1 Å². The molecule has 7 nitrogen and oxygen atoms in total. The number of nitrogens with one attached hydrogen (secondary N) is 3. The monoisotopic (exact) mass is 641 g/mol. The van der Waals surface area contributed by atoms with Crippen LogP contribution in [0, 0.1) is 0 Å². The number of carbonyl (C=O) groups excluding carboxylic acids is 1. The van der Waals surface area contributed by atoms with Gasteiger partial charge in [0, 0.05) is 56.9 Å². The van der Waals surface area contributed by atoms with E-state index >= 15 is 0 Å². The quantitative estimate of drug-likeness (QED) is 0.316. The predicted molar refractivity (Wildman–Crippen MR) is 170 cm³/mol. The third kappa shape index (κ3) is 7.92. The highest BCUT2D eigenvalue weighted by atomic mass is 35.5. The van der Waals surface area contributed by atoms with Crippen LogP contribution in [0.3, 0.4) is 0 Å². The lowest BCUT2D eigenvalue weighted by molar-refractivity contribution is -0.137. The van der Waals surface area contributed by atoms with Gasteiger partial charge in [-0.05, 0) is 72.8 Å². The molecule has 45 heavy (non-hydrogen) atoms. The molecule has 3 unspecified atom stereocenters. The van der Waals surface area contributed by atoms with E-state index in [0.717, 1.165) is 37.6 Å². The summed E-state index contributed by atoms with van der Waals surface area (Å²) < 4.78 is 47.2. The number of hydrogen-bond acceptors (Lipinski definition) is 6. The van der Waals surface area contributed by atoms with Gasteiger partial charge in [-0.2, -0.15) is 13.2 Å². The summed E-state index contributed by atoms with van der Waals surface area (Å²) >= 11 is 6.12. The van der Waals surface area contributed by atoms with Crippen LogP contribution in [0.15, 0.2) is 66.7 Å². The number of amides is 1. The van der Waals surface area contributed by atoms with Crippen molar-refractivity contribution in [3.8, 4) is 5.75 Å². The maximum atomic E-state index is 14.0.